The van der Waals surface area contributed by atoms with Gasteiger partial charge < -0.3 is 34.6 Å². The van der Waals surface area contributed by atoms with Crippen LogP contribution in [0.3, 0.4) is 0 Å². The number of aliphatic hydroxyl groups excluding tert-OH is 3. The van der Waals surface area contributed by atoms with Gasteiger partial charge in [0.2, 0.25) is 0 Å². The summed E-state index contributed by atoms with van der Waals surface area (Å²) in [7, 11) is 7.07. The molecule has 0 aromatic rings. The molecule has 9 atom stereocenters. The fraction of sp³-hybridized carbons (Fsp3) is 1.00. The fourth-order valence-electron chi connectivity index (χ4n) is 6.68. The number of hydrogen-bond acceptors (Lipinski definition) is 24. The molecule has 245 valence electrons. The number of hydrogen-bond donors (Lipinski definition) is 7. The third-order valence-corrected chi connectivity index (χ3v) is 9.57. The average Bonchev–Trinajstić information content (AvgIpc) is 3.46. The maximum atomic E-state index is 11.5. The normalized spacial score (nSPS) is 45.3. The van der Waals surface area contributed by atoms with Crippen molar-refractivity contribution in [2.45, 2.75) is 54.7 Å². The van der Waals surface area contributed by atoms with Crippen LogP contribution in [0.2, 0.25) is 0 Å². The van der Waals surface area contributed by atoms with Crippen LogP contribution < -0.4 is 11.1 Å². The van der Waals surface area contributed by atoms with Gasteiger partial charge >= 0.3 is 7.82 Å². The predicted octanol–water partition coefficient (Wildman–Crippen LogP) is -8.90. The number of nitrogens with zero attached hydrogens (tertiary/aromatic N) is 13. The first-order chi connectivity index (χ1) is 21.4. The summed E-state index contributed by atoms with van der Waals surface area (Å²) in [4.78, 5) is 32.5. The lowest BCUT2D eigenvalue weighted by atomic mass is 9.26. The zero-order chi connectivity index (χ0) is 31.3. The second-order valence-electron chi connectivity index (χ2n) is 11.6. The lowest BCUT2D eigenvalue weighted by molar-refractivity contribution is -0.728. The van der Waals surface area contributed by atoms with Crippen LogP contribution in [-0.2, 0) is 28.2 Å². The van der Waals surface area contributed by atoms with Crippen molar-refractivity contribution in [3.8, 4) is 0 Å². The van der Waals surface area contributed by atoms with Gasteiger partial charge in [0.25, 0.3) is 7.41 Å². The van der Waals surface area contributed by atoms with Crippen LogP contribution in [0.25, 0.3) is 0 Å². The van der Waals surface area contributed by atoms with E-state index in [0.29, 0.717) is 6.67 Å². The molecule has 4 bridgehead atoms. The second-order valence-corrected chi connectivity index (χ2v) is 12.8. The van der Waals surface area contributed by atoms with Crippen molar-refractivity contribution in [2.75, 3.05) is 40.6 Å². The molecule has 8 unspecified atom stereocenters. The average molecular weight is 660 g/mol. The topological polar surface area (TPSA) is 231 Å². The lowest BCUT2D eigenvalue weighted by Crippen LogP contribution is -3.01. The van der Waals surface area contributed by atoms with E-state index >= 15 is 0 Å². The van der Waals surface area contributed by atoms with Crippen LogP contribution in [0.4, 0.5) is 0 Å². The third kappa shape index (κ3) is 4.31. The van der Waals surface area contributed by atoms with Crippen LogP contribution in [0.1, 0.15) is 0 Å². The fourth-order valence-corrected chi connectivity index (χ4v) is 7.02. The molecule has 9 rings (SSSR count). The van der Waals surface area contributed by atoms with Crippen LogP contribution >= 0.6 is 7.82 Å². The van der Waals surface area contributed by atoms with Crippen LogP contribution in [0.5, 0.6) is 0 Å². The summed E-state index contributed by atoms with van der Waals surface area (Å²) >= 11 is 0. The first kappa shape index (κ1) is 30.5. The minimum atomic E-state index is -4.86. The van der Waals surface area contributed by atoms with Crippen molar-refractivity contribution in [1.82, 2.24) is 78.1 Å². The molecule has 45 heavy (non-hydrogen) atoms. The molecule has 9 saturated heterocycles. The van der Waals surface area contributed by atoms with Crippen molar-refractivity contribution in [2.24, 2.45) is 0 Å². The largest absolute Gasteiger partial charge is 0.469 e. The third-order valence-electron chi connectivity index (χ3n) is 9.09. The number of aliphatic hydroxyl groups is 3. The molecule has 30 heteroatoms. The van der Waals surface area contributed by atoms with Gasteiger partial charge in [0.1, 0.15) is 56.6 Å². The molecule has 3 radical (unpaired) electrons. The molecule has 9 aliphatic heterocycles. The summed E-state index contributed by atoms with van der Waals surface area (Å²) in [5, 5.41) is 53.2. The summed E-state index contributed by atoms with van der Waals surface area (Å²) in [6.45, 7) is -1.16. The van der Waals surface area contributed by atoms with Gasteiger partial charge in [0.05, 0.1) is 24.7 Å². The molecule has 0 amide bonds. The second kappa shape index (κ2) is 10.5. The molecule has 9 heterocycles. The number of hydrazine groups is 16. The van der Waals surface area contributed by atoms with E-state index in [1.807, 2.05) is 15.4 Å². The minimum absolute atomic E-state index is 0.0949. The maximum absolute atomic E-state index is 11.5. The van der Waals surface area contributed by atoms with Gasteiger partial charge in [-0.15, -0.1) is 41.8 Å². The Kier molecular flexibility index (Phi) is 7.09. The van der Waals surface area contributed by atoms with Gasteiger partial charge in [-0.1, -0.05) is 10.3 Å². The van der Waals surface area contributed by atoms with Gasteiger partial charge in [0.15, 0.2) is 6.60 Å². The summed E-state index contributed by atoms with van der Waals surface area (Å²) in [5.41, 5.74) is 5.85. The zero-order valence-electron chi connectivity index (χ0n) is 23.7. The highest BCUT2D eigenvalue weighted by Gasteiger charge is 2.67. The van der Waals surface area contributed by atoms with Crippen molar-refractivity contribution in [1.29, 1.82) is 0 Å². The summed E-state index contributed by atoms with van der Waals surface area (Å²) in [5.74, 6) is 0. The Bertz CT molecular complexity index is 1260. The molecule has 0 aromatic carbocycles. The number of nitrogens with one attached hydrogen (secondary N) is 2. The van der Waals surface area contributed by atoms with E-state index in [9.17, 15) is 29.7 Å². The molecule has 26 nitrogen and oxygen atoms in total. The van der Waals surface area contributed by atoms with Crippen LogP contribution in [-0.4, -0.2) is 209 Å². The van der Waals surface area contributed by atoms with E-state index in [-0.39, 0.29) is 13.3 Å². The maximum Gasteiger partial charge on any atom is 0.469 e. The highest BCUT2D eigenvalue weighted by Crippen LogP contribution is 2.43. The van der Waals surface area contributed by atoms with E-state index in [2.05, 4.69) is 11.1 Å². The molecule has 0 aromatic heterocycles. The van der Waals surface area contributed by atoms with Crippen LogP contribution in [0.15, 0.2) is 0 Å². The number of ether oxygens (including phenoxy) is 2. The van der Waals surface area contributed by atoms with E-state index in [1.54, 1.807) is 62.6 Å². The Morgan fingerprint density at radius 1 is 0.978 bits per heavy atom. The highest BCUT2D eigenvalue weighted by molar-refractivity contribution is 7.46. The predicted molar refractivity (Wildman–Crippen MR) is 137 cm³/mol. The Labute approximate surface area is 256 Å². The van der Waals surface area contributed by atoms with Gasteiger partial charge in [0, 0.05) is 27.1 Å². The number of phosphoric ester groups is 1. The quantitative estimate of drug-likeness (QED) is 0.110. The first-order valence-electron chi connectivity index (χ1n) is 14.0. The molecule has 0 saturated carbocycles. The zero-order valence-corrected chi connectivity index (χ0v) is 24.6. The summed E-state index contributed by atoms with van der Waals surface area (Å²) in [6.07, 6.45) is -6.94. The highest BCUT2D eigenvalue weighted by atomic mass is 31.2. The summed E-state index contributed by atoms with van der Waals surface area (Å²) < 4.78 is 28.3. The van der Waals surface area contributed by atoms with Gasteiger partial charge in [-0.3, -0.25) is 14.2 Å². The Morgan fingerprint density at radius 3 is 2.38 bits per heavy atom. The first-order valence-corrected chi connectivity index (χ1v) is 15.6. The van der Waals surface area contributed by atoms with Crippen molar-refractivity contribution in [3.63, 3.8) is 0 Å². The van der Waals surface area contributed by atoms with Gasteiger partial charge in [-0.25, -0.2) is 9.48 Å². The Hall–Kier alpha value is -0.575. The molecule has 9 fully saturated rings. The molecular weight excluding hydrogens is 630 g/mol. The van der Waals surface area contributed by atoms with Crippen LogP contribution in [0, 0.1) is 0 Å². The van der Waals surface area contributed by atoms with E-state index < -0.39 is 75.7 Å². The number of fused-ring (bicyclic) bond motifs is 13. The minimum Gasteiger partial charge on any atom is -0.388 e. The number of rotatable bonds is 4. The SMILES string of the molecule is [B]B1C2OC(COP(=O)(O)O)C(ON3N(C)N(C)N3[C@H]1N1[B]C3OC(CON4N5CN6N(CN5N14)N1NNN61)C(O)C3O)C2O. The standard InChI is InChI=1S/C15H30B3N15O11P/c1-21-22(2)32-28(21)15(18(16)14-11(36)12(44-32)8(43-14)4-41-45(37,38)39)27-17-13-10(35)9(34)7(42-13)3-40-33-26-6-24-23(5-25(26)31(27)33)29-19-20-30(24)29/h7-15,19-20,34-36H,3-6H2,1-2H3,(H2,37,38,39)/t7?,8?,9?,10?,11?,12?,13?,14?,15-/m1/s1. The van der Waals surface area contributed by atoms with Crippen molar-refractivity contribution >= 4 is 29.6 Å². The smallest absolute Gasteiger partial charge is 0.388 e. The molecule has 7 N–H and O–H groups in total. The monoisotopic (exact) mass is 660 g/mol. The Morgan fingerprint density at radius 2 is 1.69 bits per heavy atom. The number of phosphoric acid groups is 1. The van der Waals surface area contributed by atoms with E-state index in [4.69, 9.17) is 31.4 Å². The lowest BCUT2D eigenvalue weighted by Gasteiger charge is -2.73. The van der Waals surface area contributed by atoms with Crippen molar-refractivity contribution < 1.29 is 53.3 Å². The molecule has 9 aliphatic rings. The summed E-state index contributed by atoms with van der Waals surface area (Å²) in [6, 6.07) is -3.13. The molecular formula is C15H30B3N15O11P. The Balaban J connectivity index is 1.08. The van der Waals surface area contributed by atoms with Gasteiger partial charge in [-0.2, -0.15) is 0 Å². The van der Waals surface area contributed by atoms with Crippen molar-refractivity contribution in [3.05, 3.63) is 0 Å². The molecule has 0 spiro atoms. The van der Waals surface area contributed by atoms with E-state index in [1.165, 1.54) is 10.6 Å². The molecule has 0 aliphatic carbocycles. The van der Waals surface area contributed by atoms with Gasteiger partial charge in [-0.05, 0) is 15.7 Å². The van der Waals surface area contributed by atoms with E-state index in [0.717, 1.165) is 0 Å².